The number of carbonyl (C=O) groups is 3. The van der Waals surface area contributed by atoms with Gasteiger partial charge in [0.2, 0.25) is 11.0 Å². The van der Waals surface area contributed by atoms with Crippen LogP contribution in [-0.2, 0) is 4.79 Å². The molecule has 0 aliphatic rings. The van der Waals surface area contributed by atoms with Crippen LogP contribution >= 0.6 is 23.1 Å². The predicted molar refractivity (Wildman–Crippen MR) is 126 cm³/mol. The second-order valence-electron chi connectivity index (χ2n) is 7.20. The molecule has 0 saturated carbocycles. The summed E-state index contributed by atoms with van der Waals surface area (Å²) < 4.78 is 0.506. The lowest BCUT2D eigenvalue weighted by atomic mass is 10.1. The topological polar surface area (TPSA) is 121 Å². The van der Waals surface area contributed by atoms with Crippen molar-refractivity contribution in [1.82, 2.24) is 10.2 Å². The first-order valence-electron chi connectivity index (χ1n) is 9.68. The van der Waals surface area contributed by atoms with Crippen LogP contribution in [0.2, 0.25) is 0 Å². The van der Waals surface area contributed by atoms with Gasteiger partial charge in [0.05, 0.1) is 16.4 Å². The van der Waals surface area contributed by atoms with E-state index in [4.69, 9.17) is 0 Å². The van der Waals surface area contributed by atoms with Crippen LogP contribution in [0.5, 0.6) is 0 Å². The Bertz CT molecular complexity index is 1170. The third-order valence-electron chi connectivity index (χ3n) is 4.60. The summed E-state index contributed by atoms with van der Waals surface area (Å²) in [5.41, 5.74) is 3.86. The van der Waals surface area contributed by atoms with Gasteiger partial charge < -0.3 is 10.4 Å². The molecule has 2 amide bonds. The summed E-state index contributed by atoms with van der Waals surface area (Å²) in [5, 5.41) is 22.5. The molecular formula is C22H22N4O4S2. The number of anilines is 2. The molecular weight excluding hydrogens is 448 g/mol. The number of thioether (sulfide) groups is 1. The van der Waals surface area contributed by atoms with Gasteiger partial charge in [-0.15, -0.1) is 10.2 Å². The van der Waals surface area contributed by atoms with E-state index in [1.54, 1.807) is 19.1 Å². The average Bonchev–Trinajstić information content (AvgIpc) is 3.16. The number of hydrogen-bond acceptors (Lipinski definition) is 7. The van der Waals surface area contributed by atoms with Gasteiger partial charge in [-0.2, -0.15) is 0 Å². The number of nitrogens with zero attached hydrogens (tertiary/aromatic N) is 2. The van der Waals surface area contributed by atoms with Gasteiger partial charge in [-0.25, -0.2) is 4.79 Å². The summed E-state index contributed by atoms with van der Waals surface area (Å²) in [6.07, 6.45) is 0. The summed E-state index contributed by atoms with van der Waals surface area (Å²) >= 11 is 2.34. The summed E-state index contributed by atoms with van der Waals surface area (Å²) in [4.78, 5) is 36.5. The molecule has 3 aromatic rings. The highest BCUT2D eigenvalue weighted by Gasteiger charge is 2.21. The maximum absolute atomic E-state index is 12.7. The number of amides is 2. The first-order chi connectivity index (χ1) is 15.2. The molecule has 0 saturated heterocycles. The number of benzene rings is 2. The molecule has 3 N–H and O–H groups in total. The Balaban J connectivity index is 1.64. The first-order valence-corrected chi connectivity index (χ1v) is 11.4. The van der Waals surface area contributed by atoms with Crippen LogP contribution in [-0.4, -0.2) is 38.3 Å². The normalized spacial score (nSPS) is 11.6. The van der Waals surface area contributed by atoms with Gasteiger partial charge >= 0.3 is 5.97 Å². The highest BCUT2D eigenvalue weighted by atomic mass is 32.2. The van der Waals surface area contributed by atoms with E-state index >= 15 is 0 Å². The van der Waals surface area contributed by atoms with Gasteiger partial charge in [-0.1, -0.05) is 52.9 Å². The number of aromatic carboxylic acids is 1. The number of rotatable bonds is 7. The Morgan fingerprint density at radius 3 is 2.25 bits per heavy atom. The van der Waals surface area contributed by atoms with Gasteiger partial charge in [0.25, 0.3) is 5.91 Å². The van der Waals surface area contributed by atoms with Crippen molar-refractivity contribution in [3.63, 3.8) is 0 Å². The molecule has 1 heterocycles. The van der Waals surface area contributed by atoms with Crippen LogP contribution in [0.15, 0.2) is 40.7 Å². The number of carboxylic acid groups (broad SMARTS) is 1. The van der Waals surface area contributed by atoms with Crippen molar-refractivity contribution >= 4 is 51.7 Å². The second kappa shape index (κ2) is 9.92. The number of nitrogens with one attached hydrogen (secondary N) is 2. The van der Waals surface area contributed by atoms with Crippen molar-refractivity contribution in [2.24, 2.45) is 0 Å². The van der Waals surface area contributed by atoms with Gasteiger partial charge in [0, 0.05) is 5.69 Å². The standard InChI is InChI=1S/C22H22N4O4S2/c1-11-9-12(2)17(13(3)10-11)23-18(27)14(4)31-22-26-25-21(32-22)24-19(28)15-7-5-6-8-16(15)20(29)30/h5-10,14H,1-4H3,(H,23,27)(H,29,30)(H,24,25,28). The maximum atomic E-state index is 12.7. The minimum absolute atomic E-state index is 0.0287. The summed E-state index contributed by atoms with van der Waals surface area (Å²) in [5.74, 6) is -1.95. The molecule has 8 nitrogen and oxygen atoms in total. The van der Waals surface area contributed by atoms with Crippen LogP contribution in [0, 0.1) is 20.8 Å². The van der Waals surface area contributed by atoms with Crippen LogP contribution in [0.1, 0.15) is 44.3 Å². The second-order valence-corrected chi connectivity index (χ2v) is 9.77. The lowest BCUT2D eigenvalue weighted by Crippen LogP contribution is -2.23. The molecule has 2 aromatic carbocycles. The first kappa shape index (κ1) is 23.4. The third-order valence-corrected chi connectivity index (χ3v) is 6.62. The van der Waals surface area contributed by atoms with E-state index in [9.17, 15) is 19.5 Å². The Labute approximate surface area is 193 Å². The lowest BCUT2D eigenvalue weighted by molar-refractivity contribution is -0.115. The van der Waals surface area contributed by atoms with Crippen LogP contribution < -0.4 is 10.6 Å². The molecule has 0 aliphatic heterocycles. The number of carbonyl (C=O) groups excluding carboxylic acids is 2. The van der Waals surface area contributed by atoms with Crippen molar-refractivity contribution in [2.45, 2.75) is 37.3 Å². The van der Waals surface area contributed by atoms with Crippen molar-refractivity contribution in [2.75, 3.05) is 10.6 Å². The quantitative estimate of drug-likeness (QED) is 0.342. The highest BCUT2D eigenvalue weighted by molar-refractivity contribution is 8.02. The minimum atomic E-state index is -1.19. The van der Waals surface area contributed by atoms with E-state index < -0.39 is 17.1 Å². The zero-order valence-corrected chi connectivity index (χ0v) is 19.6. The Morgan fingerprint density at radius 1 is 1.00 bits per heavy atom. The smallest absolute Gasteiger partial charge is 0.336 e. The molecule has 0 aliphatic carbocycles. The molecule has 3 rings (SSSR count). The van der Waals surface area contributed by atoms with Gasteiger partial charge in [-0.05, 0) is 51.0 Å². The van der Waals surface area contributed by atoms with E-state index in [-0.39, 0.29) is 22.2 Å². The van der Waals surface area contributed by atoms with E-state index in [0.717, 1.165) is 33.7 Å². The molecule has 0 radical (unpaired) electrons. The maximum Gasteiger partial charge on any atom is 0.336 e. The van der Waals surface area contributed by atoms with E-state index in [0.29, 0.717) is 4.34 Å². The zero-order chi connectivity index (χ0) is 23.4. The van der Waals surface area contributed by atoms with Gasteiger partial charge in [0.15, 0.2) is 4.34 Å². The highest BCUT2D eigenvalue weighted by Crippen LogP contribution is 2.30. The number of aryl methyl sites for hydroxylation is 3. The molecule has 32 heavy (non-hydrogen) atoms. The van der Waals surface area contributed by atoms with Crippen molar-refractivity contribution < 1.29 is 19.5 Å². The average molecular weight is 471 g/mol. The molecule has 1 unspecified atom stereocenters. The van der Waals surface area contributed by atoms with E-state index in [1.807, 2.05) is 32.9 Å². The van der Waals surface area contributed by atoms with E-state index in [1.165, 1.54) is 23.9 Å². The molecule has 0 spiro atoms. The van der Waals surface area contributed by atoms with Crippen molar-refractivity contribution in [3.05, 3.63) is 64.2 Å². The number of hydrogen-bond donors (Lipinski definition) is 3. The molecule has 1 atom stereocenters. The fourth-order valence-electron chi connectivity index (χ4n) is 3.15. The number of carboxylic acids is 1. The van der Waals surface area contributed by atoms with Gasteiger partial charge in [-0.3, -0.25) is 14.9 Å². The molecule has 0 fully saturated rings. The molecule has 0 bridgehead atoms. The monoisotopic (exact) mass is 470 g/mol. The summed E-state index contributed by atoms with van der Waals surface area (Å²) in [6, 6.07) is 9.95. The minimum Gasteiger partial charge on any atom is -0.478 e. The Kier molecular flexibility index (Phi) is 7.26. The van der Waals surface area contributed by atoms with Crippen molar-refractivity contribution in [3.8, 4) is 0 Å². The molecule has 10 heteroatoms. The van der Waals surface area contributed by atoms with Crippen LogP contribution in [0.3, 0.4) is 0 Å². The SMILES string of the molecule is Cc1cc(C)c(NC(=O)C(C)Sc2nnc(NC(=O)c3ccccc3C(=O)O)s2)c(C)c1. The zero-order valence-electron chi connectivity index (χ0n) is 17.9. The fraction of sp³-hybridized carbons (Fsp3) is 0.227. The summed E-state index contributed by atoms with van der Waals surface area (Å²) in [7, 11) is 0. The lowest BCUT2D eigenvalue weighted by Gasteiger charge is -2.15. The molecule has 166 valence electrons. The number of aromatic nitrogens is 2. The third kappa shape index (κ3) is 5.51. The van der Waals surface area contributed by atoms with Gasteiger partial charge in [0.1, 0.15) is 0 Å². The van der Waals surface area contributed by atoms with Crippen LogP contribution in [0.25, 0.3) is 0 Å². The molecule has 1 aromatic heterocycles. The summed E-state index contributed by atoms with van der Waals surface area (Å²) in [6.45, 7) is 7.68. The Hall–Kier alpha value is -3.24. The van der Waals surface area contributed by atoms with E-state index in [2.05, 4.69) is 20.8 Å². The Morgan fingerprint density at radius 2 is 1.62 bits per heavy atom. The van der Waals surface area contributed by atoms with Crippen LogP contribution in [0.4, 0.5) is 10.8 Å². The predicted octanol–water partition coefficient (Wildman–Crippen LogP) is 4.53. The fourth-order valence-corrected chi connectivity index (χ4v) is 5.04. The van der Waals surface area contributed by atoms with Crippen molar-refractivity contribution in [1.29, 1.82) is 0 Å². The largest absolute Gasteiger partial charge is 0.478 e.